The molecule has 0 aromatic heterocycles. The standard InChI is InChI=1S/C34H18F12/c35-31(36,37)21-13-19(14-22(17-21)32(38,39)40)9-11-29-25-5-1-2-6-26(25)30(28-8-4-3-7-27(28)29)12-10-20-15-23(33(41,42)43)18-24(16-20)34(44,45)46/h1-18H. The lowest BCUT2D eigenvalue weighted by atomic mass is 9.90. The summed E-state index contributed by atoms with van der Waals surface area (Å²) in [6.07, 6.45) is -15.2. The van der Waals surface area contributed by atoms with E-state index in [0.29, 0.717) is 56.9 Å². The maximum atomic E-state index is 13.4. The molecule has 0 radical (unpaired) electrons. The monoisotopic (exact) mass is 654 g/mol. The zero-order valence-electron chi connectivity index (χ0n) is 22.9. The molecule has 0 aliphatic heterocycles. The topological polar surface area (TPSA) is 0 Å². The van der Waals surface area contributed by atoms with Crippen LogP contribution in [0.4, 0.5) is 52.7 Å². The molecule has 0 aliphatic carbocycles. The van der Waals surface area contributed by atoms with E-state index in [9.17, 15) is 52.7 Å². The molecule has 0 amide bonds. The third kappa shape index (κ3) is 6.90. The van der Waals surface area contributed by atoms with Crippen molar-refractivity contribution in [2.75, 3.05) is 0 Å². The van der Waals surface area contributed by atoms with Gasteiger partial charge in [-0.2, -0.15) is 52.7 Å². The average molecular weight is 654 g/mol. The van der Waals surface area contributed by atoms with Crippen LogP contribution in [0.3, 0.4) is 0 Å². The van der Waals surface area contributed by atoms with E-state index in [4.69, 9.17) is 0 Å². The lowest BCUT2D eigenvalue weighted by Crippen LogP contribution is -2.11. The third-order valence-corrected chi connectivity index (χ3v) is 7.12. The first-order valence-corrected chi connectivity index (χ1v) is 13.2. The molecule has 0 nitrogen and oxygen atoms in total. The largest absolute Gasteiger partial charge is 0.416 e. The number of benzene rings is 5. The lowest BCUT2D eigenvalue weighted by Gasteiger charge is -2.15. The molecule has 0 N–H and O–H groups in total. The van der Waals surface area contributed by atoms with E-state index in [-0.39, 0.29) is 23.3 Å². The van der Waals surface area contributed by atoms with Gasteiger partial charge < -0.3 is 0 Å². The Morgan fingerprint density at radius 3 is 0.783 bits per heavy atom. The van der Waals surface area contributed by atoms with Gasteiger partial charge in [0.15, 0.2) is 0 Å². The summed E-state index contributed by atoms with van der Waals surface area (Å²) in [6, 6.07) is 15.3. The second kappa shape index (κ2) is 11.6. The summed E-state index contributed by atoms with van der Waals surface area (Å²) in [7, 11) is 0. The molecule has 0 atom stereocenters. The Morgan fingerprint density at radius 2 is 0.565 bits per heavy atom. The SMILES string of the molecule is FC(F)(F)c1cc(C=Cc2c3ccccc3c(C=Cc3cc(C(F)(F)F)cc(C(F)(F)F)c3)c3ccccc23)cc(C(F)(F)F)c1. The van der Waals surface area contributed by atoms with Gasteiger partial charge in [-0.25, -0.2) is 0 Å². The van der Waals surface area contributed by atoms with Gasteiger partial charge in [0, 0.05) is 0 Å². The van der Waals surface area contributed by atoms with Crippen LogP contribution >= 0.6 is 0 Å². The van der Waals surface area contributed by atoms with Gasteiger partial charge in [0.25, 0.3) is 0 Å². The van der Waals surface area contributed by atoms with E-state index in [2.05, 4.69) is 0 Å². The van der Waals surface area contributed by atoms with E-state index in [0.717, 1.165) is 12.2 Å². The summed E-state index contributed by atoms with van der Waals surface area (Å²) in [5.41, 5.74) is -5.86. The summed E-state index contributed by atoms with van der Waals surface area (Å²) in [5.74, 6) is 0. The molecule has 238 valence electrons. The molecule has 0 saturated carbocycles. The van der Waals surface area contributed by atoms with Gasteiger partial charge in [0.1, 0.15) is 0 Å². The van der Waals surface area contributed by atoms with Gasteiger partial charge in [-0.15, -0.1) is 0 Å². The van der Waals surface area contributed by atoms with Crippen molar-refractivity contribution in [1.29, 1.82) is 0 Å². The van der Waals surface area contributed by atoms with E-state index in [1.165, 1.54) is 12.2 Å². The van der Waals surface area contributed by atoms with Crippen molar-refractivity contribution in [2.45, 2.75) is 24.7 Å². The van der Waals surface area contributed by atoms with Crippen LogP contribution in [0.5, 0.6) is 0 Å². The minimum absolute atomic E-state index is 0.0192. The van der Waals surface area contributed by atoms with Crippen molar-refractivity contribution in [3.63, 3.8) is 0 Å². The maximum Gasteiger partial charge on any atom is 0.416 e. The van der Waals surface area contributed by atoms with Crippen LogP contribution < -0.4 is 0 Å². The van der Waals surface area contributed by atoms with Crippen molar-refractivity contribution in [3.05, 3.63) is 129 Å². The van der Waals surface area contributed by atoms with Gasteiger partial charge >= 0.3 is 24.7 Å². The Kier molecular flexibility index (Phi) is 8.21. The van der Waals surface area contributed by atoms with E-state index in [1.807, 2.05) is 0 Å². The van der Waals surface area contributed by atoms with E-state index < -0.39 is 47.0 Å². The summed E-state index contributed by atoms with van der Waals surface area (Å²) in [4.78, 5) is 0. The molecule has 5 rings (SSSR count). The van der Waals surface area contributed by atoms with Crippen LogP contribution in [0, 0.1) is 0 Å². The van der Waals surface area contributed by atoms with Crippen LogP contribution in [-0.2, 0) is 24.7 Å². The van der Waals surface area contributed by atoms with E-state index in [1.54, 1.807) is 48.5 Å². The number of alkyl halides is 12. The Hall–Kier alpha value is -4.74. The van der Waals surface area contributed by atoms with Gasteiger partial charge in [-0.3, -0.25) is 0 Å². The highest BCUT2D eigenvalue weighted by molar-refractivity contribution is 6.14. The normalized spacial score (nSPS) is 13.5. The van der Waals surface area contributed by atoms with Gasteiger partial charge in [0.2, 0.25) is 0 Å². The molecule has 0 heterocycles. The Labute approximate surface area is 252 Å². The van der Waals surface area contributed by atoms with Gasteiger partial charge in [-0.1, -0.05) is 72.8 Å². The Bertz CT molecular complexity index is 1720. The molecule has 0 saturated heterocycles. The molecule has 0 unspecified atom stereocenters. The fourth-order valence-corrected chi connectivity index (χ4v) is 5.06. The first-order valence-electron chi connectivity index (χ1n) is 13.2. The fraction of sp³-hybridized carbons (Fsp3) is 0.118. The number of halogens is 12. The molecule has 0 aliphatic rings. The molecule has 0 spiro atoms. The smallest absolute Gasteiger partial charge is 0.166 e. The first-order chi connectivity index (χ1) is 21.3. The highest BCUT2D eigenvalue weighted by atomic mass is 19.4. The van der Waals surface area contributed by atoms with Gasteiger partial charge in [-0.05, 0) is 80.2 Å². The predicted octanol–water partition coefficient (Wildman–Crippen LogP) is 12.4. The highest BCUT2D eigenvalue weighted by Gasteiger charge is 2.38. The summed E-state index contributed by atoms with van der Waals surface area (Å²) >= 11 is 0. The quantitative estimate of drug-likeness (QED) is 0.103. The van der Waals surface area contributed by atoms with Crippen LogP contribution in [0.2, 0.25) is 0 Å². The number of rotatable bonds is 4. The Morgan fingerprint density at radius 1 is 0.326 bits per heavy atom. The van der Waals surface area contributed by atoms with Crippen molar-refractivity contribution in [2.24, 2.45) is 0 Å². The van der Waals surface area contributed by atoms with Crippen LogP contribution in [0.15, 0.2) is 84.9 Å². The second-order valence-corrected chi connectivity index (χ2v) is 10.3. The first kappa shape index (κ1) is 32.6. The third-order valence-electron chi connectivity index (χ3n) is 7.12. The van der Waals surface area contributed by atoms with E-state index >= 15 is 0 Å². The fourth-order valence-electron chi connectivity index (χ4n) is 5.06. The number of fused-ring (bicyclic) bond motifs is 2. The van der Waals surface area contributed by atoms with Crippen LogP contribution in [0.25, 0.3) is 45.8 Å². The molecule has 0 fully saturated rings. The van der Waals surface area contributed by atoms with Crippen molar-refractivity contribution < 1.29 is 52.7 Å². The zero-order chi connectivity index (χ0) is 33.7. The molecular weight excluding hydrogens is 636 g/mol. The molecule has 5 aromatic carbocycles. The lowest BCUT2D eigenvalue weighted by molar-refractivity contribution is -0.144. The van der Waals surface area contributed by atoms with Gasteiger partial charge in [0.05, 0.1) is 22.3 Å². The minimum atomic E-state index is -5.04. The zero-order valence-corrected chi connectivity index (χ0v) is 22.9. The number of hydrogen-bond donors (Lipinski definition) is 0. The predicted molar refractivity (Wildman–Crippen MR) is 152 cm³/mol. The second-order valence-electron chi connectivity index (χ2n) is 10.3. The van der Waals surface area contributed by atoms with Crippen molar-refractivity contribution in [3.8, 4) is 0 Å². The molecule has 12 heteroatoms. The Balaban J connectivity index is 1.69. The van der Waals surface area contributed by atoms with Crippen molar-refractivity contribution >= 4 is 45.8 Å². The highest BCUT2D eigenvalue weighted by Crippen LogP contribution is 2.40. The minimum Gasteiger partial charge on any atom is -0.166 e. The summed E-state index contributed by atoms with van der Waals surface area (Å²) in [6.45, 7) is 0. The average Bonchev–Trinajstić information content (AvgIpc) is 2.96. The molecule has 46 heavy (non-hydrogen) atoms. The molecule has 0 bridgehead atoms. The molecule has 5 aromatic rings. The molecular formula is C34H18F12. The summed E-state index contributed by atoms with van der Waals surface area (Å²) < 4.78 is 161. The number of hydrogen-bond acceptors (Lipinski definition) is 0. The summed E-state index contributed by atoms with van der Waals surface area (Å²) in [5, 5.41) is 1.89. The van der Waals surface area contributed by atoms with Crippen molar-refractivity contribution in [1.82, 2.24) is 0 Å². The van der Waals surface area contributed by atoms with Crippen LogP contribution in [-0.4, -0.2) is 0 Å². The maximum absolute atomic E-state index is 13.4. The van der Waals surface area contributed by atoms with Crippen LogP contribution in [0.1, 0.15) is 44.5 Å².